The van der Waals surface area contributed by atoms with Gasteiger partial charge in [-0.3, -0.25) is 9.59 Å². The summed E-state index contributed by atoms with van der Waals surface area (Å²) in [5, 5.41) is 3.06. The lowest BCUT2D eigenvalue weighted by molar-refractivity contribution is -0.116. The Morgan fingerprint density at radius 2 is 1.89 bits per heavy atom. The highest BCUT2D eigenvalue weighted by atomic mass is 79.9. The second-order valence-corrected chi connectivity index (χ2v) is 4.66. The van der Waals surface area contributed by atoms with Crippen LogP contribution in [0, 0.1) is 11.6 Å². The Hall–Kier alpha value is -1.50. The molecule has 0 heterocycles. The van der Waals surface area contributed by atoms with Gasteiger partial charge in [-0.1, -0.05) is 15.9 Å². The number of anilines is 1. The summed E-state index contributed by atoms with van der Waals surface area (Å²) < 4.78 is 26.6. The second-order valence-electron chi connectivity index (χ2n) is 3.87. The van der Waals surface area contributed by atoms with Gasteiger partial charge < -0.3 is 11.1 Å². The number of amides is 2. The van der Waals surface area contributed by atoms with Gasteiger partial charge in [0.05, 0.1) is 11.3 Å². The number of carbonyl (C=O) groups is 2. The molecule has 0 aliphatic rings. The topological polar surface area (TPSA) is 72.2 Å². The van der Waals surface area contributed by atoms with E-state index in [9.17, 15) is 18.4 Å². The summed E-state index contributed by atoms with van der Waals surface area (Å²) >= 11 is 3.23. The van der Waals surface area contributed by atoms with E-state index in [1.54, 1.807) is 0 Å². The Kier molecular flexibility index (Phi) is 5.88. The van der Waals surface area contributed by atoms with E-state index < -0.39 is 29.0 Å². The molecule has 0 saturated heterocycles. The summed E-state index contributed by atoms with van der Waals surface area (Å²) in [6, 6.07) is 1.42. The van der Waals surface area contributed by atoms with Crippen LogP contribution in [0.3, 0.4) is 0 Å². The van der Waals surface area contributed by atoms with Crippen molar-refractivity contribution in [1.29, 1.82) is 0 Å². The summed E-state index contributed by atoms with van der Waals surface area (Å²) in [7, 11) is 0. The molecule has 0 saturated carbocycles. The summed E-state index contributed by atoms with van der Waals surface area (Å²) in [5.74, 6) is -3.42. The Bertz CT molecular complexity index is 495. The molecule has 1 aromatic rings. The van der Waals surface area contributed by atoms with Crippen molar-refractivity contribution >= 4 is 33.4 Å². The van der Waals surface area contributed by atoms with Crippen molar-refractivity contribution in [1.82, 2.24) is 0 Å². The lowest BCUT2D eigenvalue weighted by atomic mass is 10.1. The number of carbonyl (C=O) groups excluding carboxylic acids is 2. The van der Waals surface area contributed by atoms with Crippen molar-refractivity contribution in [3.63, 3.8) is 0 Å². The fourth-order valence-corrected chi connectivity index (χ4v) is 1.82. The first-order chi connectivity index (χ1) is 8.95. The number of unbranched alkanes of at least 4 members (excludes halogenated alkanes) is 1. The van der Waals surface area contributed by atoms with Crippen LogP contribution in [0.15, 0.2) is 12.1 Å². The number of rotatable bonds is 6. The number of hydrogen-bond acceptors (Lipinski definition) is 2. The molecule has 19 heavy (non-hydrogen) atoms. The highest BCUT2D eigenvalue weighted by Gasteiger charge is 2.15. The van der Waals surface area contributed by atoms with Gasteiger partial charge in [-0.15, -0.1) is 0 Å². The molecule has 4 nitrogen and oxygen atoms in total. The summed E-state index contributed by atoms with van der Waals surface area (Å²) in [6.45, 7) is 0. The predicted octanol–water partition coefficient (Wildman–Crippen LogP) is 2.57. The van der Waals surface area contributed by atoms with Crippen LogP contribution in [0.5, 0.6) is 0 Å². The van der Waals surface area contributed by atoms with Gasteiger partial charge in [-0.2, -0.15) is 0 Å². The minimum Gasteiger partial charge on any atom is -0.366 e. The number of primary amides is 1. The minimum absolute atomic E-state index is 0.217. The molecule has 2 amide bonds. The van der Waals surface area contributed by atoms with Gasteiger partial charge in [0.15, 0.2) is 0 Å². The molecule has 0 atom stereocenters. The van der Waals surface area contributed by atoms with E-state index in [0.717, 1.165) is 17.8 Å². The number of halogens is 3. The van der Waals surface area contributed by atoms with Crippen molar-refractivity contribution in [3.8, 4) is 0 Å². The first kappa shape index (κ1) is 15.6. The van der Waals surface area contributed by atoms with E-state index in [4.69, 9.17) is 5.73 Å². The molecule has 0 radical (unpaired) electrons. The van der Waals surface area contributed by atoms with Gasteiger partial charge in [0, 0.05) is 17.8 Å². The smallest absolute Gasteiger partial charge is 0.251 e. The maximum atomic E-state index is 13.4. The van der Waals surface area contributed by atoms with E-state index in [1.165, 1.54) is 0 Å². The molecule has 0 spiro atoms. The number of nitrogens with one attached hydrogen (secondary N) is 1. The summed E-state index contributed by atoms with van der Waals surface area (Å²) in [5.41, 5.74) is 4.23. The lowest BCUT2D eigenvalue weighted by Gasteiger charge is -2.08. The zero-order valence-electron chi connectivity index (χ0n) is 10.0. The molecule has 3 N–H and O–H groups in total. The highest BCUT2D eigenvalue weighted by Crippen LogP contribution is 2.19. The molecule has 104 valence electrons. The van der Waals surface area contributed by atoms with E-state index in [-0.39, 0.29) is 12.1 Å². The molecule has 7 heteroatoms. The van der Waals surface area contributed by atoms with Gasteiger partial charge in [-0.25, -0.2) is 8.78 Å². The SMILES string of the molecule is NC(=O)c1cc(NC(=O)CCCCBr)c(F)cc1F. The van der Waals surface area contributed by atoms with Gasteiger partial charge in [0.25, 0.3) is 5.91 Å². The molecule has 0 unspecified atom stereocenters. The van der Waals surface area contributed by atoms with Crippen molar-refractivity contribution in [2.45, 2.75) is 19.3 Å². The van der Waals surface area contributed by atoms with Crippen molar-refractivity contribution in [2.75, 3.05) is 10.6 Å². The van der Waals surface area contributed by atoms with Gasteiger partial charge in [0.1, 0.15) is 11.6 Å². The molecule has 0 fully saturated rings. The van der Waals surface area contributed by atoms with Crippen LogP contribution < -0.4 is 11.1 Å². The van der Waals surface area contributed by atoms with Crippen LogP contribution in [0.4, 0.5) is 14.5 Å². The van der Waals surface area contributed by atoms with Crippen molar-refractivity contribution < 1.29 is 18.4 Å². The molecular weight excluding hydrogens is 322 g/mol. The van der Waals surface area contributed by atoms with Crippen LogP contribution in [0.1, 0.15) is 29.6 Å². The second kappa shape index (κ2) is 7.18. The monoisotopic (exact) mass is 334 g/mol. The van der Waals surface area contributed by atoms with Gasteiger partial charge >= 0.3 is 0 Å². The zero-order valence-corrected chi connectivity index (χ0v) is 11.6. The summed E-state index contributed by atoms with van der Waals surface area (Å²) in [4.78, 5) is 22.4. The molecule has 1 rings (SSSR count). The molecule has 1 aromatic carbocycles. The number of nitrogens with two attached hydrogens (primary N) is 1. The average Bonchev–Trinajstić information content (AvgIpc) is 2.32. The normalized spacial score (nSPS) is 10.3. The molecule has 0 aromatic heterocycles. The van der Waals surface area contributed by atoms with E-state index >= 15 is 0 Å². The quantitative estimate of drug-likeness (QED) is 0.619. The van der Waals surface area contributed by atoms with Crippen LogP contribution >= 0.6 is 15.9 Å². The van der Waals surface area contributed by atoms with Crippen molar-refractivity contribution in [3.05, 3.63) is 29.3 Å². The Morgan fingerprint density at radius 3 is 2.47 bits per heavy atom. The van der Waals surface area contributed by atoms with Crippen LogP contribution in [-0.4, -0.2) is 17.1 Å². The fraction of sp³-hybridized carbons (Fsp3) is 0.333. The number of benzene rings is 1. The Balaban J connectivity index is 2.80. The highest BCUT2D eigenvalue weighted by molar-refractivity contribution is 9.09. The maximum absolute atomic E-state index is 13.4. The average molecular weight is 335 g/mol. The zero-order chi connectivity index (χ0) is 14.4. The number of alkyl halides is 1. The van der Waals surface area contributed by atoms with Crippen LogP contribution in [-0.2, 0) is 4.79 Å². The van der Waals surface area contributed by atoms with E-state index in [0.29, 0.717) is 12.5 Å². The lowest BCUT2D eigenvalue weighted by Crippen LogP contribution is -2.17. The Morgan fingerprint density at radius 1 is 1.21 bits per heavy atom. The van der Waals surface area contributed by atoms with Gasteiger partial charge in [-0.05, 0) is 18.9 Å². The van der Waals surface area contributed by atoms with Gasteiger partial charge in [0.2, 0.25) is 5.91 Å². The third kappa shape index (κ3) is 4.59. The molecule has 0 aliphatic carbocycles. The van der Waals surface area contributed by atoms with Crippen LogP contribution in [0.2, 0.25) is 0 Å². The first-order valence-corrected chi connectivity index (χ1v) is 6.72. The minimum atomic E-state index is -1.05. The van der Waals surface area contributed by atoms with E-state index in [1.807, 2.05) is 0 Å². The van der Waals surface area contributed by atoms with Crippen molar-refractivity contribution in [2.24, 2.45) is 5.73 Å². The largest absolute Gasteiger partial charge is 0.366 e. The van der Waals surface area contributed by atoms with Crippen LogP contribution in [0.25, 0.3) is 0 Å². The first-order valence-electron chi connectivity index (χ1n) is 5.60. The standard InChI is InChI=1S/C12H13BrF2N2O2/c13-4-2-1-3-11(18)17-10-5-7(12(16)19)8(14)6-9(10)15/h5-6H,1-4H2,(H2,16,19)(H,17,18). The number of hydrogen-bond donors (Lipinski definition) is 2. The maximum Gasteiger partial charge on any atom is 0.251 e. The predicted molar refractivity (Wildman–Crippen MR) is 71.2 cm³/mol. The molecule has 0 aliphatic heterocycles. The molecular formula is C12H13BrF2N2O2. The summed E-state index contributed by atoms with van der Waals surface area (Å²) in [6.07, 6.45) is 1.67. The van der Waals surface area contributed by atoms with E-state index in [2.05, 4.69) is 21.2 Å². The Labute approximate surface area is 117 Å². The molecule has 0 bridgehead atoms. The third-order valence-corrected chi connectivity index (χ3v) is 2.94. The third-order valence-electron chi connectivity index (χ3n) is 2.38. The fourth-order valence-electron chi connectivity index (χ4n) is 1.43.